The van der Waals surface area contributed by atoms with Crippen LogP contribution >= 0.6 is 0 Å². The van der Waals surface area contributed by atoms with Gasteiger partial charge in [0, 0.05) is 56.0 Å². The Morgan fingerprint density at radius 3 is 1.98 bits per heavy atom. The average Bonchev–Trinajstić information content (AvgIpc) is 3.85. The molecule has 0 fully saturated rings. The van der Waals surface area contributed by atoms with Crippen molar-refractivity contribution >= 4 is 32.8 Å². The number of hydrogen-bond acceptors (Lipinski definition) is 1. The van der Waals surface area contributed by atoms with Crippen molar-refractivity contribution in [2.75, 3.05) is 0 Å². The van der Waals surface area contributed by atoms with Gasteiger partial charge in [0.1, 0.15) is 5.82 Å². The molecule has 0 saturated heterocycles. The SMILES string of the molecule is CC(C)c1ccnc(-n2c3[c-]c(C4(c5[c-]c(-n6[cH+]n(C(C)(C)C)c7ccccc76)ccc5)c5ccccc5-c5ccccc54)ccc3c3ccccc32)c1.[Pt]. The van der Waals surface area contributed by atoms with Crippen LogP contribution in [0.25, 0.3) is 55.5 Å². The van der Waals surface area contributed by atoms with Gasteiger partial charge in [-0.15, -0.1) is 22.6 Å². The molecule has 6 aromatic carbocycles. The molecule has 10 rings (SSSR count). The van der Waals surface area contributed by atoms with Crippen molar-refractivity contribution in [2.24, 2.45) is 0 Å². The number of hydrogen-bond donors (Lipinski definition) is 0. The number of benzene rings is 6. The summed E-state index contributed by atoms with van der Waals surface area (Å²) in [5.74, 6) is 1.29. The summed E-state index contributed by atoms with van der Waals surface area (Å²) in [6.45, 7) is 11.2. The molecular formula is C50H41N4Pt-. The molecule has 272 valence electrons. The number of nitrogens with zero attached hydrogens (tertiary/aromatic N) is 4. The standard InChI is InChI=1S/C50H41N4.Pt/c1-33(2)34-27-28-51-48(29-34)54-44-22-11-8-19-40(44)41-26-25-36(31-47(41)54)50(42-20-9-6-17-38(42)39-18-7-10-21-43(39)50)35-15-14-16-37(30-35)52-32-53(49(3,4)5)46-24-13-12-23-45(46)52;/h6-29,32-33H,1-5H3;/q-1;. The number of aromatic nitrogens is 4. The van der Waals surface area contributed by atoms with E-state index in [4.69, 9.17) is 4.98 Å². The van der Waals surface area contributed by atoms with Gasteiger partial charge in [-0.25, -0.2) is 14.1 Å². The summed E-state index contributed by atoms with van der Waals surface area (Å²) < 4.78 is 6.96. The van der Waals surface area contributed by atoms with Gasteiger partial charge in [-0.3, -0.25) is 0 Å². The monoisotopic (exact) mass is 892 g/mol. The van der Waals surface area contributed by atoms with Crippen LogP contribution in [0.3, 0.4) is 0 Å². The van der Waals surface area contributed by atoms with E-state index in [9.17, 15) is 0 Å². The smallest absolute Gasteiger partial charge is 0.188 e. The first-order chi connectivity index (χ1) is 26.2. The number of pyridine rings is 1. The minimum atomic E-state index is -0.686. The molecular weight excluding hydrogens is 852 g/mol. The molecule has 0 aliphatic heterocycles. The Kier molecular flexibility index (Phi) is 8.33. The zero-order valence-electron chi connectivity index (χ0n) is 31.6. The Morgan fingerprint density at radius 2 is 1.27 bits per heavy atom. The maximum Gasteiger partial charge on any atom is 0.188 e. The molecule has 0 unspecified atom stereocenters. The van der Waals surface area contributed by atoms with Crippen LogP contribution in [0, 0.1) is 12.1 Å². The van der Waals surface area contributed by atoms with E-state index in [1.807, 2.05) is 6.20 Å². The molecule has 0 saturated carbocycles. The molecule has 0 N–H and O–H groups in total. The van der Waals surface area contributed by atoms with Crippen molar-refractivity contribution < 1.29 is 21.1 Å². The van der Waals surface area contributed by atoms with Gasteiger partial charge in [0.25, 0.3) is 0 Å². The zero-order chi connectivity index (χ0) is 36.8. The van der Waals surface area contributed by atoms with Crippen LogP contribution in [-0.2, 0) is 32.0 Å². The minimum Gasteiger partial charge on any atom is -0.319 e. The largest absolute Gasteiger partial charge is 0.319 e. The van der Waals surface area contributed by atoms with E-state index >= 15 is 0 Å². The number of rotatable bonds is 5. The third-order valence-corrected chi connectivity index (χ3v) is 11.4. The zero-order valence-corrected chi connectivity index (χ0v) is 33.9. The summed E-state index contributed by atoms with van der Waals surface area (Å²) in [5.41, 5.74) is 13.1. The first kappa shape index (κ1) is 35.1. The van der Waals surface area contributed by atoms with Crippen LogP contribution in [-0.4, -0.2) is 18.7 Å². The first-order valence-electron chi connectivity index (χ1n) is 18.9. The number of para-hydroxylation sites is 3. The normalized spacial score (nSPS) is 13.3. The third kappa shape index (κ3) is 5.22. The second-order valence-electron chi connectivity index (χ2n) is 15.9. The van der Waals surface area contributed by atoms with Crippen molar-refractivity contribution in [3.8, 4) is 22.6 Å². The van der Waals surface area contributed by atoms with Gasteiger partial charge in [-0.2, -0.15) is 30.3 Å². The van der Waals surface area contributed by atoms with Crippen molar-refractivity contribution in [3.63, 3.8) is 0 Å². The molecule has 5 heteroatoms. The molecule has 3 aromatic heterocycles. The van der Waals surface area contributed by atoms with Crippen LogP contribution < -0.4 is 0 Å². The quantitative estimate of drug-likeness (QED) is 0.158. The Labute approximate surface area is 337 Å². The fourth-order valence-electron chi connectivity index (χ4n) is 8.88. The molecule has 9 aromatic rings. The summed E-state index contributed by atoms with van der Waals surface area (Å²) >= 11 is 0. The van der Waals surface area contributed by atoms with E-state index in [2.05, 4.69) is 206 Å². The van der Waals surface area contributed by atoms with Crippen molar-refractivity contribution in [3.05, 3.63) is 192 Å². The van der Waals surface area contributed by atoms with E-state index in [0.29, 0.717) is 5.92 Å². The Balaban J connectivity index is 0.00000397. The molecule has 0 bridgehead atoms. The van der Waals surface area contributed by atoms with Crippen molar-refractivity contribution in [1.29, 1.82) is 0 Å². The van der Waals surface area contributed by atoms with Crippen molar-refractivity contribution in [2.45, 2.75) is 51.5 Å². The topological polar surface area (TPSA) is 27.7 Å². The van der Waals surface area contributed by atoms with Crippen molar-refractivity contribution in [1.82, 2.24) is 18.7 Å². The molecule has 0 radical (unpaired) electrons. The summed E-state index contributed by atoms with van der Waals surface area (Å²) in [6.07, 6.45) is 4.17. The molecule has 1 aliphatic rings. The molecule has 4 nitrogen and oxygen atoms in total. The first-order valence-corrected chi connectivity index (χ1v) is 18.9. The second-order valence-corrected chi connectivity index (χ2v) is 15.9. The maximum atomic E-state index is 4.96. The average molecular weight is 893 g/mol. The Hall–Kier alpha value is -5.57. The predicted octanol–water partition coefficient (Wildman–Crippen LogP) is 12.0. The molecule has 55 heavy (non-hydrogen) atoms. The molecule has 3 heterocycles. The number of fused-ring (bicyclic) bond motifs is 7. The molecule has 0 atom stereocenters. The summed E-state index contributed by atoms with van der Waals surface area (Å²) in [6, 6.07) is 58.8. The van der Waals surface area contributed by atoms with Gasteiger partial charge >= 0.3 is 0 Å². The van der Waals surface area contributed by atoms with E-state index in [1.165, 1.54) is 38.7 Å². The predicted molar refractivity (Wildman–Crippen MR) is 222 cm³/mol. The Morgan fingerprint density at radius 1 is 0.636 bits per heavy atom. The second kappa shape index (κ2) is 13.0. The summed E-state index contributed by atoms with van der Waals surface area (Å²) in [4.78, 5) is 4.96. The Bertz CT molecular complexity index is 2880. The van der Waals surface area contributed by atoms with Gasteiger partial charge in [-0.05, 0) is 90.2 Å². The fourth-order valence-corrected chi connectivity index (χ4v) is 8.88. The van der Waals surface area contributed by atoms with Gasteiger partial charge in [0.2, 0.25) is 0 Å². The summed E-state index contributed by atoms with van der Waals surface area (Å²) in [7, 11) is 0. The maximum absolute atomic E-state index is 4.96. The molecule has 0 spiro atoms. The van der Waals surface area contributed by atoms with Crippen LogP contribution in [0.1, 0.15) is 68.4 Å². The van der Waals surface area contributed by atoms with E-state index in [-0.39, 0.29) is 26.6 Å². The molecule has 1 aliphatic carbocycles. The van der Waals surface area contributed by atoms with Crippen LogP contribution in [0.4, 0.5) is 0 Å². The molecule has 0 amide bonds. The van der Waals surface area contributed by atoms with Gasteiger partial charge < -0.3 is 4.57 Å². The fraction of sp³-hybridized carbons (Fsp3) is 0.160. The van der Waals surface area contributed by atoms with Gasteiger partial charge in [0.05, 0.1) is 5.54 Å². The third-order valence-electron chi connectivity index (χ3n) is 11.4. The summed E-state index contributed by atoms with van der Waals surface area (Å²) in [5, 5.41) is 2.35. The van der Waals surface area contributed by atoms with Crippen LogP contribution in [0.15, 0.2) is 152 Å². The van der Waals surface area contributed by atoms with E-state index in [0.717, 1.165) is 44.6 Å². The van der Waals surface area contributed by atoms with Gasteiger partial charge in [-0.1, -0.05) is 92.2 Å². The van der Waals surface area contributed by atoms with E-state index in [1.54, 1.807) is 0 Å². The minimum absolute atomic E-state index is 0. The number of imidazole rings is 1. The van der Waals surface area contributed by atoms with Gasteiger partial charge in [0.15, 0.2) is 17.4 Å². The van der Waals surface area contributed by atoms with Crippen LogP contribution in [0.2, 0.25) is 0 Å². The van der Waals surface area contributed by atoms with E-state index < -0.39 is 5.41 Å². The van der Waals surface area contributed by atoms with Crippen LogP contribution in [0.5, 0.6) is 0 Å².